The van der Waals surface area contributed by atoms with Crippen molar-refractivity contribution in [2.75, 3.05) is 6.61 Å². The van der Waals surface area contributed by atoms with Gasteiger partial charge in [0.15, 0.2) is 5.82 Å². The highest BCUT2D eigenvalue weighted by Gasteiger charge is 2.22. The third-order valence-corrected chi connectivity index (χ3v) is 6.68. The minimum atomic E-state index is -0.402. The summed E-state index contributed by atoms with van der Waals surface area (Å²) >= 11 is 0. The summed E-state index contributed by atoms with van der Waals surface area (Å²) in [5.41, 5.74) is 2.63. The molecule has 2 aromatic carbocycles. The van der Waals surface area contributed by atoms with E-state index >= 15 is 0 Å². The maximum Gasteiger partial charge on any atom is 0.343 e. The molecule has 178 valence electrons. The topological polar surface area (TPSA) is 61.3 Å². The van der Waals surface area contributed by atoms with Gasteiger partial charge in [-0.2, -0.15) is 0 Å². The molecule has 1 heterocycles. The Balaban J connectivity index is 1.32. The maximum absolute atomic E-state index is 12.4. The van der Waals surface area contributed by atoms with E-state index in [2.05, 4.69) is 16.9 Å². The van der Waals surface area contributed by atoms with Crippen molar-refractivity contribution < 1.29 is 14.3 Å². The van der Waals surface area contributed by atoms with Crippen LogP contribution < -0.4 is 9.47 Å². The highest BCUT2D eigenvalue weighted by molar-refractivity contribution is 5.91. The van der Waals surface area contributed by atoms with Crippen molar-refractivity contribution in [1.29, 1.82) is 0 Å². The first-order valence-corrected chi connectivity index (χ1v) is 12.5. The Kier molecular flexibility index (Phi) is 8.29. The van der Waals surface area contributed by atoms with E-state index in [4.69, 9.17) is 9.47 Å². The van der Waals surface area contributed by atoms with Crippen LogP contribution >= 0.6 is 0 Å². The smallest absolute Gasteiger partial charge is 0.343 e. The number of rotatable bonds is 9. The van der Waals surface area contributed by atoms with Gasteiger partial charge in [-0.05, 0) is 98.5 Å². The molecular weight excluding hydrogens is 424 g/mol. The summed E-state index contributed by atoms with van der Waals surface area (Å²) in [4.78, 5) is 21.7. The van der Waals surface area contributed by atoms with E-state index in [-0.39, 0.29) is 0 Å². The lowest BCUT2D eigenvalue weighted by Gasteiger charge is -2.28. The number of unbranched alkanes of at least 4 members (excludes halogenated alkanes) is 1. The summed E-state index contributed by atoms with van der Waals surface area (Å²) < 4.78 is 10.9. The summed E-state index contributed by atoms with van der Waals surface area (Å²) in [6, 6.07) is 14.3. The summed E-state index contributed by atoms with van der Waals surface area (Å²) in [7, 11) is 0. The largest absolute Gasteiger partial charge is 0.494 e. The van der Waals surface area contributed by atoms with Crippen molar-refractivity contribution >= 4 is 5.97 Å². The number of carbonyl (C=O) groups is 1. The van der Waals surface area contributed by atoms with Crippen molar-refractivity contribution in [2.24, 2.45) is 5.92 Å². The summed E-state index contributed by atoms with van der Waals surface area (Å²) in [5.74, 6) is 2.98. The van der Waals surface area contributed by atoms with Crippen LogP contribution in [-0.2, 0) is 0 Å². The zero-order chi connectivity index (χ0) is 23.8. The Labute approximate surface area is 202 Å². The molecular formula is C29H34N2O3. The number of ether oxygens (including phenoxy) is 2. The normalized spacial score (nSPS) is 17.8. The first kappa shape index (κ1) is 23.9. The Morgan fingerprint density at radius 1 is 0.882 bits per heavy atom. The number of hydrogen-bond acceptors (Lipinski definition) is 5. The lowest BCUT2D eigenvalue weighted by molar-refractivity contribution is 0.0734. The van der Waals surface area contributed by atoms with Gasteiger partial charge in [0.25, 0.3) is 0 Å². The number of carbonyl (C=O) groups excluding carboxylic acids is 1. The molecule has 0 amide bonds. The third kappa shape index (κ3) is 6.22. The molecule has 0 N–H and O–H groups in total. The van der Waals surface area contributed by atoms with Crippen LogP contribution in [-0.4, -0.2) is 22.5 Å². The Hall–Kier alpha value is -3.21. The van der Waals surface area contributed by atoms with Gasteiger partial charge in [0, 0.05) is 18.0 Å². The molecule has 5 heteroatoms. The van der Waals surface area contributed by atoms with Crippen LogP contribution in [0.15, 0.2) is 60.9 Å². The molecule has 3 aromatic rings. The van der Waals surface area contributed by atoms with Crippen molar-refractivity contribution in [3.8, 4) is 22.9 Å². The minimum absolute atomic E-state index is 0.402. The van der Waals surface area contributed by atoms with Gasteiger partial charge < -0.3 is 9.47 Å². The summed E-state index contributed by atoms with van der Waals surface area (Å²) in [6.07, 6.45) is 13.1. The summed E-state index contributed by atoms with van der Waals surface area (Å²) in [6.45, 7) is 4.78. The van der Waals surface area contributed by atoms with Gasteiger partial charge in [-0.3, -0.25) is 0 Å². The van der Waals surface area contributed by atoms with Crippen molar-refractivity contribution in [3.63, 3.8) is 0 Å². The van der Waals surface area contributed by atoms with Crippen LogP contribution in [0.3, 0.4) is 0 Å². The molecule has 0 bridgehead atoms. The predicted octanol–water partition coefficient (Wildman–Crippen LogP) is 7.23. The number of hydrogen-bond donors (Lipinski definition) is 0. The van der Waals surface area contributed by atoms with E-state index in [0.29, 0.717) is 29.7 Å². The molecule has 1 fully saturated rings. The van der Waals surface area contributed by atoms with Crippen molar-refractivity contribution in [3.05, 3.63) is 72.1 Å². The molecule has 0 saturated heterocycles. The van der Waals surface area contributed by atoms with Crippen molar-refractivity contribution in [1.82, 2.24) is 9.97 Å². The van der Waals surface area contributed by atoms with Crippen LogP contribution in [0.5, 0.6) is 11.5 Å². The Morgan fingerprint density at radius 3 is 2.15 bits per heavy atom. The highest BCUT2D eigenvalue weighted by atomic mass is 16.5. The van der Waals surface area contributed by atoms with E-state index in [1.54, 1.807) is 36.4 Å². The second-order valence-corrected chi connectivity index (χ2v) is 9.07. The zero-order valence-electron chi connectivity index (χ0n) is 20.2. The molecule has 1 aliphatic rings. The highest BCUT2D eigenvalue weighted by Crippen LogP contribution is 2.37. The molecule has 5 nitrogen and oxygen atoms in total. The van der Waals surface area contributed by atoms with Crippen LogP contribution in [0.1, 0.15) is 80.6 Å². The minimum Gasteiger partial charge on any atom is -0.494 e. The predicted molar refractivity (Wildman–Crippen MR) is 134 cm³/mol. The fourth-order valence-corrected chi connectivity index (χ4v) is 4.67. The molecule has 4 rings (SSSR count). The fraction of sp³-hybridized carbons (Fsp3) is 0.414. The fourth-order valence-electron chi connectivity index (χ4n) is 4.67. The standard InChI is InChI=1S/C29H34N2O3/c1-3-5-6-21-7-9-22(10-8-21)25-19-30-28(31-20-25)23-11-17-27(18-12-23)34-29(32)24-13-15-26(16-14-24)33-4-2/h11-22H,3-10H2,1-2H3/t21-,22-. The van der Waals surface area contributed by atoms with Crippen LogP contribution in [0.4, 0.5) is 0 Å². The van der Waals surface area contributed by atoms with E-state index in [9.17, 15) is 4.79 Å². The number of aromatic nitrogens is 2. The molecule has 34 heavy (non-hydrogen) atoms. The van der Waals surface area contributed by atoms with Gasteiger partial charge >= 0.3 is 5.97 Å². The van der Waals surface area contributed by atoms with E-state index in [0.717, 1.165) is 17.2 Å². The molecule has 1 saturated carbocycles. The molecule has 0 unspecified atom stereocenters. The molecule has 0 aliphatic heterocycles. The molecule has 1 aliphatic carbocycles. The third-order valence-electron chi connectivity index (χ3n) is 6.68. The van der Waals surface area contributed by atoms with Crippen LogP contribution in [0.2, 0.25) is 0 Å². The first-order chi connectivity index (χ1) is 16.7. The summed E-state index contributed by atoms with van der Waals surface area (Å²) in [5, 5.41) is 0. The second-order valence-electron chi connectivity index (χ2n) is 9.07. The molecule has 0 atom stereocenters. The van der Waals surface area contributed by atoms with Gasteiger partial charge in [0.2, 0.25) is 0 Å². The lowest BCUT2D eigenvalue weighted by Crippen LogP contribution is -2.13. The van der Waals surface area contributed by atoms with Gasteiger partial charge in [0.1, 0.15) is 11.5 Å². The zero-order valence-corrected chi connectivity index (χ0v) is 20.2. The number of esters is 1. The molecule has 1 aromatic heterocycles. The number of benzene rings is 2. The van der Waals surface area contributed by atoms with E-state index in [1.165, 1.54) is 50.5 Å². The lowest BCUT2D eigenvalue weighted by atomic mass is 9.78. The van der Waals surface area contributed by atoms with Crippen LogP contribution in [0, 0.1) is 5.92 Å². The van der Waals surface area contributed by atoms with Gasteiger partial charge in [-0.15, -0.1) is 0 Å². The Bertz CT molecular complexity index is 1040. The SMILES string of the molecule is CCCC[C@H]1CC[C@H](c2cnc(-c3ccc(OC(=O)c4ccc(OCC)cc4)cc3)nc2)CC1. The van der Waals surface area contributed by atoms with E-state index < -0.39 is 5.97 Å². The monoisotopic (exact) mass is 458 g/mol. The average molecular weight is 459 g/mol. The first-order valence-electron chi connectivity index (χ1n) is 12.5. The van der Waals surface area contributed by atoms with Gasteiger partial charge in [-0.1, -0.05) is 26.2 Å². The van der Waals surface area contributed by atoms with E-state index in [1.807, 2.05) is 31.5 Å². The molecule has 0 spiro atoms. The average Bonchev–Trinajstić information content (AvgIpc) is 2.89. The van der Waals surface area contributed by atoms with Crippen LogP contribution in [0.25, 0.3) is 11.4 Å². The number of nitrogens with zero attached hydrogens (tertiary/aromatic N) is 2. The van der Waals surface area contributed by atoms with Crippen molar-refractivity contribution in [2.45, 2.75) is 64.7 Å². The quantitative estimate of drug-likeness (QED) is 0.250. The Morgan fingerprint density at radius 2 is 1.53 bits per heavy atom. The molecule has 0 radical (unpaired) electrons. The second kappa shape index (κ2) is 11.8. The van der Waals surface area contributed by atoms with Gasteiger partial charge in [0.05, 0.1) is 12.2 Å². The maximum atomic E-state index is 12.4. The van der Waals surface area contributed by atoms with Gasteiger partial charge in [-0.25, -0.2) is 14.8 Å².